The van der Waals surface area contributed by atoms with Crippen molar-refractivity contribution in [2.45, 2.75) is 0 Å². The van der Waals surface area contributed by atoms with Gasteiger partial charge in [0.2, 0.25) is 0 Å². The van der Waals surface area contributed by atoms with Crippen LogP contribution in [0.5, 0.6) is 5.75 Å². The highest BCUT2D eigenvalue weighted by Crippen LogP contribution is 2.25. The number of hydrogen-bond acceptors (Lipinski definition) is 3. The number of nitrogens with one attached hydrogen (secondary N) is 2. The molecular formula is C7H9ClN2O. The highest BCUT2D eigenvalue weighted by molar-refractivity contribution is 6.32. The summed E-state index contributed by atoms with van der Waals surface area (Å²) >= 11 is 5.63. The number of phenolic OH excluding ortho intramolecular Hbond substituents is 1. The van der Waals surface area contributed by atoms with Crippen LogP contribution in [0.25, 0.3) is 0 Å². The van der Waals surface area contributed by atoms with Gasteiger partial charge in [-0.05, 0) is 18.2 Å². The number of hydrogen-bond donors (Lipinski definition) is 3. The average molecular weight is 173 g/mol. The third-order valence-electron chi connectivity index (χ3n) is 1.22. The molecule has 0 saturated carbocycles. The van der Waals surface area contributed by atoms with E-state index in [-0.39, 0.29) is 5.75 Å². The van der Waals surface area contributed by atoms with Gasteiger partial charge in [-0.15, -0.1) is 0 Å². The normalized spacial score (nSPS) is 9.64. The molecular weight excluding hydrogens is 164 g/mol. The summed E-state index contributed by atoms with van der Waals surface area (Å²) in [6.07, 6.45) is 0. The number of hydrazine groups is 1. The summed E-state index contributed by atoms with van der Waals surface area (Å²) in [5.41, 5.74) is 6.39. The van der Waals surface area contributed by atoms with Crippen molar-refractivity contribution in [3.63, 3.8) is 0 Å². The third kappa shape index (κ3) is 2.00. The van der Waals surface area contributed by atoms with Crippen LogP contribution in [0.3, 0.4) is 0 Å². The zero-order chi connectivity index (χ0) is 8.27. The summed E-state index contributed by atoms with van der Waals surface area (Å²) in [5, 5.41) is 9.37. The van der Waals surface area contributed by atoms with E-state index in [1.165, 1.54) is 6.07 Å². The first-order chi connectivity index (χ1) is 5.24. The van der Waals surface area contributed by atoms with E-state index in [0.29, 0.717) is 5.02 Å². The summed E-state index contributed by atoms with van der Waals surface area (Å²) in [6, 6.07) is 4.88. The van der Waals surface area contributed by atoms with E-state index in [9.17, 15) is 0 Å². The number of halogens is 1. The van der Waals surface area contributed by atoms with Crippen molar-refractivity contribution in [1.82, 2.24) is 5.43 Å². The van der Waals surface area contributed by atoms with Crippen LogP contribution in [0, 0.1) is 0 Å². The minimum Gasteiger partial charge on any atom is -0.506 e. The topological polar surface area (TPSA) is 44.3 Å². The minimum atomic E-state index is 0.0910. The maximum Gasteiger partial charge on any atom is 0.134 e. The molecule has 0 atom stereocenters. The van der Waals surface area contributed by atoms with Crippen LogP contribution in [-0.4, -0.2) is 12.2 Å². The first-order valence-corrected chi connectivity index (χ1v) is 3.53. The van der Waals surface area contributed by atoms with Crippen LogP contribution in [0.2, 0.25) is 5.02 Å². The average Bonchev–Trinajstić information content (AvgIpc) is 1.98. The first kappa shape index (κ1) is 8.17. The van der Waals surface area contributed by atoms with Gasteiger partial charge in [0.15, 0.2) is 0 Å². The lowest BCUT2D eigenvalue weighted by molar-refractivity contribution is 0.475. The molecule has 3 nitrogen and oxygen atoms in total. The van der Waals surface area contributed by atoms with E-state index in [1.807, 2.05) is 0 Å². The van der Waals surface area contributed by atoms with Gasteiger partial charge in [0.05, 0.1) is 10.7 Å². The van der Waals surface area contributed by atoms with E-state index in [2.05, 4.69) is 10.9 Å². The van der Waals surface area contributed by atoms with Crippen molar-refractivity contribution in [3.05, 3.63) is 23.2 Å². The molecule has 0 unspecified atom stereocenters. The van der Waals surface area contributed by atoms with Gasteiger partial charge >= 0.3 is 0 Å². The van der Waals surface area contributed by atoms with Gasteiger partial charge in [-0.1, -0.05) is 11.6 Å². The van der Waals surface area contributed by atoms with Crippen LogP contribution >= 0.6 is 11.6 Å². The monoisotopic (exact) mass is 172 g/mol. The Hall–Kier alpha value is -0.930. The van der Waals surface area contributed by atoms with Gasteiger partial charge < -0.3 is 10.5 Å². The molecule has 60 valence electrons. The second kappa shape index (κ2) is 3.46. The largest absolute Gasteiger partial charge is 0.506 e. The smallest absolute Gasteiger partial charge is 0.134 e. The Labute approximate surface area is 70.0 Å². The fourth-order valence-electron chi connectivity index (χ4n) is 0.729. The number of rotatable bonds is 2. The highest BCUT2D eigenvalue weighted by atomic mass is 35.5. The maximum atomic E-state index is 9.03. The molecule has 0 aliphatic rings. The summed E-state index contributed by atoms with van der Waals surface area (Å²) in [7, 11) is 1.75. The second-order valence-corrected chi connectivity index (χ2v) is 2.45. The van der Waals surface area contributed by atoms with Gasteiger partial charge in [0.25, 0.3) is 0 Å². The predicted molar refractivity (Wildman–Crippen MR) is 45.8 cm³/mol. The Balaban J connectivity index is 2.86. The van der Waals surface area contributed by atoms with Crippen molar-refractivity contribution in [1.29, 1.82) is 0 Å². The Bertz CT molecular complexity index is 252. The molecule has 11 heavy (non-hydrogen) atoms. The molecule has 0 aliphatic heterocycles. The number of anilines is 1. The Kier molecular flexibility index (Phi) is 2.57. The standard InChI is InChI=1S/C7H9ClN2O/c1-9-10-5-2-3-7(11)6(8)4-5/h2-4,9-11H,1H3. The zero-order valence-corrected chi connectivity index (χ0v) is 6.81. The molecule has 0 fully saturated rings. The number of aromatic hydroxyl groups is 1. The minimum absolute atomic E-state index is 0.0910. The molecule has 3 N–H and O–H groups in total. The van der Waals surface area contributed by atoms with E-state index in [0.717, 1.165) is 5.69 Å². The highest BCUT2D eigenvalue weighted by Gasteiger charge is 1.97. The fraction of sp³-hybridized carbons (Fsp3) is 0.143. The summed E-state index contributed by atoms with van der Waals surface area (Å²) in [5.74, 6) is 0.0910. The SMILES string of the molecule is CNNc1ccc(O)c(Cl)c1. The van der Waals surface area contributed by atoms with Crippen LogP contribution in [0.4, 0.5) is 5.69 Å². The number of phenols is 1. The van der Waals surface area contributed by atoms with E-state index in [1.54, 1.807) is 19.2 Å². The van der Waals surface area contributed by atoms with Crippen molar-refractivity contribution >= 4 is 17.3 Å². The first-order valence-electron chi connectivity index (χ1n) is 3.15. The van der Waals surface area contributed by atoms with E-state index >= 15 is 0 Å². The summed E-state index contributed by atoms with van der Waals surface area (Å²) < 4.78 is 0. The maximum absolute atomic E-state index is 9.03. The molecule has 1 aromatic rings. The Morgan fingerprint density at radius 2 is 2.18 bits per heavy atom. The molecule has 0 aromatic heterocycles. The molecule has 0 heterocycles. The second-order valence-electron chi connectivity index (χ2n) is 2.04. The lowest BCUT2D eigenvalue weighted by atomic mass is 10.3. The van der Waals surface area contributed by atoms with Gasteiger partial charge in [-0.2, -0.15) is 0 Å². The van der Waals surface area contributed by atoms with E-state index < -0.39 is 0 Å². The Morgan fingerprint density at radius 3 is 2.73 bits per heavy atom. The van der Waals surface area contributed by atoms with Crippen LogP contribution in [-0.2, 0) is 0 Å². The molecule has 0 aliphatic carbocycles. The van der Waals surface area contributed by atoms with Gasteiger partial charge in [0, 0.05) is 7.05 Å². The summed E-state index contributed by atoms with van der Waals surface area (Å²) in [6.45, 7) is 0. The lowest BCUT2D eigenvalue weighted by Crippen LogP contribution is -2.14. The van der Waals surface area contributed by atoms with Crippen LogP contribution in [0.1, 0.15) is 0 Å². The molecule has 4 heteroatoms. The van der Waals surface area contributed by atoms with Crippen LogP contribution in [0.15, 0.2) is 18.2 Å². The molecule has 0 amide bonds. The zero-order valence-electron chi connectivity index (χ0n) is 6.06. The Morgan fingerprint density at radius 1 is 1.45 bits per heavy atom. The fourth-order valence-corrected chi connectivity index (χ4v) is 0.910. The van der Waals surface area contributed by atoms with Crippen molar-refractivity contribution in [2.75, 3.05) is 12.5 Å². The van der Waals surface area contributed by atoms with Gasteiger partial charge in [-0.3, -0.25) is 0 Å². The quantitative estimate of drug-likeness (QED) is 0.469. The van der Waals surface area contributed by atoms with Gasteiger partial charge in [-0.25, -0.2) is 5.43 Å². The van der Waals surface area contributed by atoms with Crippen molar-refractivity contribution < 1.29 is 5.11 Å². The molecule has 0 bridgehead atoms. The molecule has 1 rings (SSSR count). The van der Waals surface area contributed by atoms with Gasteiger partial charge in [0.1, 0.15) is 5.75 Å². The summed E-state index contributed by atoms with van der Waals surface area (Å²) in [4.78, 5) is 0. The van der Waals surface area contributed by atoms with Crippen molar-refractivity contribution in [3.8, 4) is 5.75 Å². The predicted octanol–water partition coefficient (Wildman–Crippen LogP) is 1.59. The van der Waals surface area contributed by atoms with Crippen molar-refractivity contribution in [2.24, 2.45) is 0 Å². The lowest BCUT2D eigenvalue weighted by Gasteiger charge is -2.04. The molecule has 0 radical (unpaired) electrons. The van der Waals surface area contributed by atoms with Crippen LogP contribution < -0.4 is 10.9 Å². The molecule has 1 aromatic carbocycles. The molecule has 0 spiro atoms. The third-order valence-corrected chi connectivity index (χ3v) is 1.52. The molecule has 0 saturated heterocycles. The number of benzene rings is 1. The van der Waals surface area contributed by atoms with E-state index in [4.69, 9.17) is 16.7 Å².